The molecule has 3 N–H and O–H groups in total. The number of benzene rings is 2. The Bertz CT molecular complexity index is 1760. The summed E-state index contributed by atoms with van der Waals surface area (Å²) in [4.78, 5) is 36.3. The van der Waals surface area contributed by atoms with Crippen LogP contribution < -0.4 is 24.8 Å². The van der Waals surface area contributed by atoms with Gasteiger partial charge in [0, 0.05) is 30.8 Å². The van der Waals surface area contributed by atoms with Gasteiger partial charge in [-0.05, 0) is 81.3 Å². The van der Waals surface area contributed by atoms with Gasteiger partial charge in [-0.15, -0.1) is 0 Å². The summed E-state index contributed by atoms with van der Waals surface area (Å²) in [5.74, 6) is 1.02. The highest BCUT2D eigenvalue weighted by molar-refractivity contribution is 7.92. The normalized spacial score (nSPS) is 14.2. The number of nitrogens with zero attached hydrogens (tertiary/aromatic N) is 3. The smallest absolute Gasteiger partial charge is 0.410 e. The molecule has 14 heteroatoms. The van der Waals surface area contributed by atoms with Gasteiger partial charge in [0.1, 0.15) is 23.5 Å². The van der Waals surface area contributed by atoms with Gasteiger partial charge in [0.2, 0.25) is 15.9 Å². The van der Waals surface area contributed by atoms with Crippen molar-refractivity contribution < 1.29 is 32.2 Å². The summed E-state index contributed by atoms with van der Waals surface area (Å²) in [6.07, 6.45) is 3.60. The molecule has 1 aliphatic rings. The Kier molecular flexibility index (Phi) is 10.8. The van der Waals surface area contributed by atoms with E-state index >= 15 is 0 Å². The van der Waals surface area contributed by atoms with E-state index < -0.39 is 21.5 Å². The van der Waals surface area contributed by atoms with Crippen LogP contribution >= 0.6 is 0 Å². The summed E-state index contributed by atoms with van der Waals surface area (Å²) in [5.41, 5.74) is 1.51. The summed E-state index contributed by atoms with van der Waals surface area (Å²) < 4.78 is 43.8. The van der Waals surface area contributed by atoms with Crippen molar-refractivity contribution in [3.63, 3.8) is 0 Å². The van der Waals surface area contributed by atoms with Crippen molar-refractivity contribution >= 4 is 39.2 Å². The van der Waals surface area contributed by atoms with Crippen LogP contribution in [0.5, 0.6) is 17.4 Å². The Labute approximate surface area is 282 Å². The lowest BCUT2D eigenvalue weighted by atomic mass is 9.86. The van der Waals surface area contributed by atoms with E-state index in [1.54, 1.807) is 41.3 Å². The number of likely N-dealkylation sites (tertiary alicyclic amines) is 1. The Morgan fingerprint density at radius 1 is 0.958 bits per heavy atom. The van der Waals surface area contributed by atoms with Crippen molar-refractivity contribution in [1.29, 1.82) is 0 Å². The summed E-state index contributed by atoms with van der Waals surface area (Å²) in [6, 6.07) is 10.3. The van der Waals surface area contributed by atoms with E-state index in [4.69, 9.17) is 14.2 Å². The van der Waals surface area contributed by atoms with Crippen molar-refractivity contribution in [3.05, 3.63) is 59.4 Å². The van der Waals surface area contributed by atoms with Gasteiger partial charge in [-0.1, -0.05) is 26.8 Å². The summed E-state index contributed by atoms with van der Waals surface area (Å²) in [7, 11) is -2.22. The van der Waals surface area contributed by atoms with Crippen molar-refractivity contribution in [2.45, 2.75) is 78.4 Å². The number of aromatic nitrogens is 2. The second-order valence-corrected chi connectivity index (χ2v) is 15.6. The topological polar surface area (TPSA) is 161 Å². The fourth-order valence-corrected chi connectivity index (χ4v) is 5.58. The standard InChI is InChI=1S/C34H46N6O7S/c1-21-10-11-22(31(41)38-25-17-23(33(2,3)4)18-26(30(25)45-8)39-48(9,43)44)16-27(21)46-29-19-28(35-20-36-29)37-24-12-14-40(15-13-24)32(42)47-34(5,6)7/h10-11,16-20,24,39H,12-15H2,1-9H3,(H,38,41)(H,35,36,37). The highest BCUT2D eigenvalue weighted by atomic mass is 32.2. The Balaban J connectivity index is 1.48. The fourth-order valence-electron chi connectivity index (χ4n) is 5.02. The maximum Gasteiger partial charge on any atom is 0.410 e. The van der Waals surface area contributed by atoms with E-state index in [2.05, 4.69) is 25.3 Å². The first-order valence-corrected chi connectivity index (χ1v) is 17.6. The number of rotatable bonds is 9. The van der Waals surface area contributed by atoms with Crippen LogP contribution in [0.1, 0.15) is 75.9 Å². The number of carbonyl (C=O) groups excluding carboxylic acids is 2. The zero-order valence-electron chi connectivity index (χ0n) is 29.1. The number of piperidine rings is 1. The van der Waals surface area contributed by atoms with Crippen LogP contribution in [0.3, 0.4) is 0 Å². The summed E-state index contributed by atoms with van der Waals surface area (Å²) >= 11 is 0. The fraction of sp³-hybridized carbons (Fsp3) is 0.471. The molecule has 0 saturated carbocycles. The molecule has 1 saturated heterocycles. The molecule has 13 nitrogen and oxygen atoms in total. The second kappa shape index (κ2) is 14.3. The minimum atomic E-state index is -3.63. The average molecular weight is 683 g/mol. The van der Waals surface area contributed by atoms with E-state index in [1.807, 2.05) is 48.5 Å². The SMILES string of the molecule is COc1c(NC(=O)c2ccc(C)c(Oc3cc(NC4CCN(C(=O)OC(C)(C)C)CC4)ncn3)c2)cc(C(C)(C)C)cc1NS(C)(=O)=O. The van der Waals surface area contributed by atoms with Crippen LogP contribution in [0.15, 0.2) is 42.7 Å². The van der Waals surface area contributed by atoms with Gasteiger partial charge in [0.25, 0.3) is 5.91 Å². The lowest BCUT2D eigenvalue weighted by Crippen LogP contribution is -2.44. The van der Waals surface area contributed by atoms with E-state index in [0.29, 0.717) is 35.9 Å². The van der Waals surface area contributed by atoms with Gasteiger partial charge < -0.3 is 29.7 Å². The van der Waals surface area contributed by atoms with Crippen molar-refractivity contribution in [2.24, 2.45) is 0 Å². The maximum atomic E-state index is 13.5. The zero-order chi connectivity index (χ0) is 35.4. The predicted molar refractivity (Wildman–Crippen MR) is 186 cm³/mol. The van der Waals surface area contributed by atoms with Gasteiger partial charge in [-0.2, -0.15) is 0 Å². The first-order chi connectivity index (χ1) is 22.3. The van der Waals surface area contributed by atoms with Crippen molar-refractivity contribution in [2.75, 3.05) is 41.8 Å². The predicted octanol–water partition coefficient (Wildman–Crippen LogP) is 6.32. The zero-order valence-corrected chi connectivity index (χ0v) is 29.9. The van der Waals surface area contributed by atoms with Gasteiger partial charge in [0.05, 0.1) is 24.7 Å². The number of ether oxygens (including phenoxy) is 3. The molecular weight excluding hydrogens is 636 g/mol. The Morgan fingerprint density at radius 3 is 2.23 bits per heavy atom. The molecule has 1 aromatic heterocycles. The second-order valence-electron chi connectivity index (χ2n) is 13.9. The molecular formula is C34H46N6O7S. The van der Waals surface area contributed by atoms with Crippen LogP contribution in [0, 0.1) is 6.92 Å². The number of anilines is 3. The Hall–Kier alpha value is -4.59. The van der Waals surface area contributed by atoms with E-state index in [1.165, 1.54) is 13.4 Å². The van der Waals surface area contributed by atoms with E-state index in [9.17, 15) is 18.0 Å². The van der Waals surface area contributed by atoms with Crippen molar-refractivity contribution in [1.82, 2.24) is 14.9 Å². The number of methoxy groups -OCH3 is 1. The minimum absolute atomic E-state index is 0.0992. The number of nitrogens with one attached hydrogen (secondary N) is 3. The van der Waals surface area contributed by atoms with Gasteiger partial charge in [-0.25, -0.2) is 23.2 Å². The maximum absolute atomic E-state index is 13.5. The molecule has 2 amide bonds. The lowest BCUT2D eigenvalue weighted by molar-refractivity contribution is 0.0210. The van der Waals surface area contributed by atoms with Crippen LogP contribution in [0.25, 0.3) is 0 Å². The number of carbonyl (C=O) groups is 2. The molecule has 4 rings (SSSR count). The van der Waals surface area contributed by atoms with E-state index in [-0.39, 0.29) is 34.9 Å². The largest absolute Gasteiger partial charge is 0.492 e. The first-order valence-electron chi connectivity index (χ1n) is 15.7. The van der Waals surface area contributed by atoms with Crippen molar-refractivity contribution in [3.8, 4) is 17.4 Å². The molecule has 260 valence electrons. The molecule has 1 aliphatic heterocycles. The Morgan fingerprint density at radius 2 is 1.62 bits per heavy atom. The van der Waals surface area contributed by atoms with Gasteiger partial charge in [-0.3, -0.25) is 9.52 Å². The number of sulfonamides is 1. The monoisotopic (exact) mass is 682 g/mol. The highest BCUT2D eigenvalue weighted by Gasteiger charge is 2.27. The third-order valence-corrected chi connectivity index (χ3v) is 8.10. The molecule has 0 radical (unpaired) electrons. The third kappa shape index (κ3) is 9.96. The molecule has 3 aromatic rings. The molecule has 2 aromatic carbocycles. The molecule has 48 heavy (non-hydrogen) atoms. The van der Waals surface area contributed by atoms with Gasteiger partial charge >= 0.3 is 6.09 Å². The number of hydrogen-bond donors (Lipinski definition) is 3. The molecule has 1 fully saturated rings. The number of hydrogen-bond acceptors (Lipinski definition) is 10. The summed E-state index contributed by atoms with van der Waals surface area (Å²) in [6.45, 7) is 14.5. The molecule has 0 unspecified atom stereocenters. The quantitative estimate of drug-likeness (QED) is 0.233. The average Bonchev–Trinajstić information content (AvgIpc) is 2.96. The van der Waals surface area contributed by atoms with E-state index in [0.717, 1.165) is 30.2 Å². The molecule has 0 spiro atoms. The molecule has 2 heterocycles. The minimum Gasteiger partial charge on any atom is -0.492 e. The van der Waals surface area contributed by atoms with Crippen LogP contribution in [0.4, 0.5) is 22.0 Å². The molecule has 0 atom stereocenters. The number of aryl methyl sites for hydroxylation is 1. The number of amides is 2. The lowest BCUT2D eigenvalue weighted by Gasteiger charge is -2.33. The summed E-state index contributed by atoms with van der Waals surface area (Å²) in [5, 5.41) is 6.28. The van der Waals surface area contributed by atoms with Gasteiger partial charge in [0.15, 0.2) is 5.75 Å². The molecule has 0 bridgehead atoms. The molecule has 0 aliphatic carbocycles. The first kappa shape index (κ1) is 36.2. The van der Waals surface area contributed by atoms with Crippen LogP contribution in [-0.2, 0) is 20.2 Å². The third-order valence-electron chi connectivity index (χ3n) is 7.51. The van der Waals surface area contributed by atoms with Crippen LogP contribution in [-0.4, -0.2) is 73.4 Å². The highest BCUT2D eigenvalue weighted by Crippen LogP contribution is 2.39. The van der Waals surface area contributed by atoms with Crippen LogP contribution in [0.2, 0.25) is 0 Å².